The molecule has 0 aliphatic rings. The van der Waals surface area contributed by atoms with Gasteiger partial charge in [0.25, 0.3) is 11.8 Å². The van der Waals surface area contributed by atoms with E-state index in [2.05, 4.69) is 5.32 Å². The Labute approximate surface area is 219 Å². The molecule has 0 spiro atoms. The molecule has 0 fully saturated rings. The number of rotatable bonds is 7. The number of carbonyl (C=O) groups is 3. The van der Waals surface area contributed by atoms with Gasteiger partial charge in [0, 0.05) is 29.4 Å². The number of fused-ring (bicyclic) bond motifs is 1. The van der Waals surface area contributed by atoms with Crippen LogP contribution in [-0.4, -0.2) is 22.4 Å². The average molecular weight is 501 g/mol. The summed E-state index contributed by atoms with van der Waals surface area (Å²) in [6.07, 6.45) is 3.13. The van der Waals surface area contributed by atoms with Crippen molar-refractivity contribution in [1.82, 2.24) is 4.57 Å². The lowest BCUT2D eigenvalue weighted by Gasteiger charge is -2.18. The number of hydrogen-bond donors (Lipinski definition) is 1. The lowest BCUT2D eigenvalue weighted by atomic mass is 10.0. The summed E-state index contributed by atoms with van der Waals surface area (Å²) in [6, 6.07) is 35.0. The Morgan fingerprint density at radius 3 is 1.87 bits per heavy atom. The van der Waals surface area contributed by atoms with Gasteiger partial charge in [0.1, 0.15) is 0 Å². The molecule has 1 aromatic heterocycles. The summed E-state index contributed by atoms with van der Waals surface area (Å²) in [5, 5.41) is 3.47. The summed E-state index contributed by atoms with van der Waals surface area (Å²) in [4.78, 5) is 38.9. The second-order valence-electron chi connectivity index (χ2n) is 8.56. The minimum atomic E-state index is -0.658. The van der Waals surface area contributed by atoms with Crippen LogP contribution >= 0.6 is 0 Å². The molecule has 0 bridgehead atoms. The van der Waals surface area contributed by atoms with Gasteiger partial charge in [0.15, 0.2) is 6.10 Å². The Hall–Kier alpha value is -5.23. The van der Waals surface area contributed by atoms with Gasteiger partial charge >= 0.3 is 5.97 Å². The number of amides is 1. The number of aromatic nitrogens is 1. The van der Waals surface area contributed by atoms with Crippen LogP contribution in [0.5, 0.6) is 0 Å². The molecule has 186 valence electrons. The van der Waals surface area contributed by atoms with Gasteiger partial charge in [0.05, 0.1) is 11.1 Å². The van der Waals surface area contributed by atoms with E-state index < -0.39 is 18.0 Å². The molecule has 0 unspecified atom stereocenters. The highest BCUT2D eigenvalue weighted by Gasteiger charge is 2.19. The quantitative estimate of drug-likeness (QED) is 0.207. The zero-order chi connectivity index (χ0) is 26.3. The van der Waals surface area contributed by atoms with Gasteiger partial charge < -0.3 is 10.1 Å². The second-order valence-corrected chi connectivity index (χ2v) is 8.56. The minimum absolute atomic E-state index is 0.337. The Kier molecular flexibility index (Phi) is 7.23. The van der Waals surface area contributed by atoms with Crippen molar-refractivity contribution < 1.29 is 19.1 Å². The van der Waals surface area contributed by atoms with Crippen LogP contribution in [-0.2, 0) is 9.53 Å². The van der Waals surface area contributed by atoms with E-state index in [0.29, 0.717) is 22.2 Å². The van der Waals surface area contributed by atoms with E-state index >= 15 is 0 Å². The Morgan fingerprint density at radius 1 is 0.684 bits per heavy atom. The van der Waals surface area contributed by atoms with E-state index in [1.165, 1.54) is 10.8 Å². The summed E-state index contributed by atoms with van der Waals surface area (Å²) >= 11 is 0. The molecule has 0 saturated carbocycles. The number of esters is 1. The van der Waals surface area contributed by atoms with Gasteiger partial charge in [-0.3, -0.25) is 14.2 Å². The molecule has 1 N–H and O–H groups in total. The summed E-state index contributed by atoms with van der Waals surface area (Å²) in [7, 11) is 0. The first-order chi connectivity index (χ1) is 18.6. The summed E-state index contributed by atoms with van der Waals surface area (Å²) < 4.78 is 7.11. The van der Waals surface area contributed by atoms with Crippen molar-refractivity contribution in [2.45, 2.75) is 6.10 Å². The van der Waals surface area contributed by atoms with Crippen LogP contribution in [0.25, 0.3) is 10.9 Å². The highest BCUT2D eigenvalue weighted by atomic mass is 16.5. The van der Waals surface area contributed by atoms with Crippen molar-refractivity contribution >= 4 is 34.4 Å². The van der Waals surface area contributed by atoms with Crippen molar-refractivity contribution in [3.8, 4) is 0 Å². The average Bonchev–Trinajstić information content (AvgIpc) is 3.36. The van der Waals surface area contributed by atoms with Gasteiger partial charge in [0.2, 0.25) is 0 Å². The maximum Gasteiger partial charge on any atom is 0.331 e. The molecular weight excluding hydrogens is 476 g/mol. The van der Waals surface area contributed by atoms with Gasteiger partial charge in [-0.2, -0.15) is 0 Å². The molecule has 5 aromatic rings. The van der Waals surface area contributed by atoms with Crippen LogP contribution in [0.4, 0.5) is 5.69 Å². The molecule has 5 rings (SSSR count). The van der Waals surface area contributed by atoms with Crippen LogP contribution in [0.2, 0.25) is 0 Å². The van der Waals surface area contributed by atoms with Crippen molar-refractivity contribution in [3.05, 3.63) is 150 Å². The molecule has 0 aliphatic heterocycles. The molecule has 1 amide bonds. The number of nitrogens with zero attached hydrogens (tertiary/aromatic N) is 1. The number of carbonyl (C=O) groups excluding carboxylic acids is 3. The molecule has 1 heterocycles. The predicted molar refractivity (Wildman–Crippen MR) is 147 cm³/mol. The summed E-state index contributed by atoms with van der Waals surface area (Å²) in [6.45, 7) is 0. The van der Waals surface area contributed by atoms with E-state index in [0.717, 1.165) is 23.3 Å². The van der Waals surface area contributed by atoms with Crippen LogP contribution in [0.3, 0.4) is 0 Å². The Balaban J connectivity index is 1.37. The van der Waals surface area contributed by atoms with Gasteiger partial charge in [-0.05, 0) is 29.3 Å². The smallest absolute Gasteiger partial charge is 0.331 e. The molecule has 4 aromatic carbocycles. The van der Waals surface area contributed by atoms with Crippen molar-refractivity contribution in [2.75, 3.05) is 5.32 Å². The number of anilines is 1. The molecule has 6 heteroatoms. The number of nitrogens with one attached hydrogen (secondary N) is 1. The molecule has 0 saturated heterocycles. The number of allylic oxidation sites excluding steroid dienone is 1. The fourth-order valence-electron chi connectivity index (χ4n) is 4.22. The van der Waals surface area contributed by atoms with Crippen molar-refractivity contribution in [1.29, 1.82) is 0 Å². The first-order valence-electron chi connectivity index (χ1n) is 12.1. The highest BCUT2D eigenvalue weighted by molar-refractivity contribution is 6.15. The van der Waals surface area contributed by atoms with Gasteiger partial charge in [-0.1, -0.05) is 97.1 Å². The summed E-state index contributed by atoms with van der Waals surface area (Å²) in [5.74, 6) is -1.47. The number of hydrogen-bond acceptors (Lipinski definition) is 4. The Bertz CT molecular complexity index is 1570. The lowest BCUT2D eigenvalue weighted by molar-refractivity contribution is -0.141. The lowest BCUT2D eigenvalue weighted by Crippen LogP contribution is -2.13. The van der Waals surface area contributed by atoms with Crippen LogP contribution in [0.15, 0.2) is 134 Å². The molecule has 0 aliphatic carbocycles. The van der Waals surface area contributed by atoms with E-state index in [1.807, 2.05) is 78.9 Å². The SMILES string of the molecule is O=C(/C=C/C(=O)n1cc(C(=O)Nc2ccccc2)c2ccccc21)OC(c1ccccc1)c1ccccc1. The molecule has 6 nitrogen and oxygen atoms in total. The van der Waals surface area contributed by atoms with E-state index in [9.17, 15) is 14.4 Å². The number of para-hydroxylation sites is 2. The first-order valence-corrected chi connectivity index (χ1v) is 12.1. The second kappa shape index (κ2) is 11.2. The third-order valence-corrected chi connectivity index (χ3v) is 6.03. The third kappa shape index (κ3) is 5.44. The molecule has 38 heavy (non-hydrogen) atoms. The standard InChI is InChI=1S/C32H24N2O4/c35-29(20-21-30(36)38-31(23-12-4-1-5-13-23)24-14-6-2-7-15-24)34-22-27(26-18-10-11-19-28(26)34)32(37)33-25-16-8-3-9-17-25/h1-22,31H,(H,33,37)/b21-20+. The first kappa shape index (κ1) is 24.5. The van der Waals surface area contributed by atoms with E-state index in [-0.39, 0.29) is 5.91 Å². The Morgan fingerprint density at radius 2 is 1.24 bits per heavy atom. The molecule has 0 radical (unpaired) electrons. The van der Waals surface area contributed by atoms with Gasteiger partial charge in [-0.15, -0.1) is 0 Å². The predicted octanol–water partition coefficient (Wildman–Crippen LogP) is 6.42. The zero-order valence-corrected chi connectivity index (χ0v) is 20.4. The summed E-state index contributed by atoms with van der Waals surface area (Å²) in [5.41, 5.74) is 3.19. The largest absolute Gasteiger partial charge is 0.449 e. The maximum absolute atomic E-state index is 13.1. The minimum Gasteiger partial charge on any atom is -0.449 e. The van der Waals surface area contributed by atoms with E-state index in [4.69, 9.17) is 4.74 Å². The van der Waals surface area contributed by atoms with E-state index in [1.54, 1.807) is 36.4 Å². The van der Waals surface area contributed by atoms with Crippen LogP contribution in [0.1, 0.15) is 32.4 Å². The zero-order valence-electron chi connectivity index (χ0n) is 20.4. The van der Waals surface area contributed by atoms with Crippen LogP contribution < -0.4 is 5.32 Å². The topological polar surface area (TPSA) is 77.4 Å². The fraction of sp³-hybridized carbons (Fsp3) is 0.0312. The monoisotopic (exact) mass is 500 g/mol. The highest BCUT2D eigenvalue weighted by Crippen LogP contribution is 2.26. The molecular formula is C32H24N2O4. The van der Waals surface area contributed by atoms with Crippen LogP contribution in [0, 0.1) is 0 Å². The normalized spacial score (nSPS) is 11.1. The fourth-order valence-corrected chi connectivity index (χ4v) is 4.22. The number of benzene rings is 4. The molecule has 0 atom stereocenters. The van der Waals surface area contributed by atoms with Crippen molar-refractivity contribution in [2.24, 2.45) is 0 Å². The number of ether oxygens (including phenoxy) is 1. The maximum atomic E-state index is 13.1. The van der Waals surface area contributed by atoms with Crippen molar-refractivity contribution in [3.63, 3.8) is 0 Å². The third-order valence-electron chi connectivity index (χ3n) is 6.03. The van der Waals surface area contributed by atoms with Gasteiger partial charge in [-0.25, -0.2) is 4.79 Å².